The van der Waals surface area contributed by atoms with E-state index in [4.69, 9.17) is 10.5 Å². The SMILES string of the molecule is NC1(c2ccccc2C2COC2)CC1. The van der Waals surface area contributed by atoms with E-state index in [1.807, 2.05) is 0 Å². The van der Waals surface area contributed by atoms with Crippen LogP contribution in [0.2, 0.25) is 0 Å². The van der Waals surface area contributed by atoms with Gasteiger partial charge in [0.25, 0.3) is 0 Å². The molecule has 1 heterocycles. The van der Waals surface area contributed by atoms with E-state index in [0.717, 1.165) is 26.1 Å². The molecule has 0 aromatic heterocycles. The van der Waals surface area contributed by atoms with Crippen molar-refractivity contribution in [1.82, 2.24) is 0 Å². The fraction of sp³-hybridized carbons (Fsp3) is 0.500. The first-order valence-electron chi connectivity index (χ1n) is 5.26. The Hall–Kier alpha value is -0.860. The van der Waals surface area contributed by atoms with Crippen molar-refractivity contribution >= 4 is 0 Å². The number of rotatable bonds is 2. The molecular weight excluding hydrogens is 174 g/mol. The molecule has 2 fully saturated rings. The van der Waals surface area contributed by atoms with Gasteiger partial charge in [0.1, 0.15) is 0 Å². The molecule has 1 aromatic carbocycles. The normalized spacial score (nSPS) is 24.4. The van der Waals surface area contributed by atoms with Crippen molar-refractivity contribution in [2.24, 2.45) is 5.73 Å². The van der Waals surface area contributed by atoms with Crippen molar-refractivity contribution < 1.29 is 4.74 Å². The fourth-order valence-electron chi connectivity index (χ4n) is 2.13. The summed E-state index contributed by atoms with van der Waals surface area (Å²) < 4.78 is 5.24. The zero-order chi connectivity index (χ0) is 9.60. The quantitative estimate of drug-likeness (QED) is 0.769. The molecule has 2 nitrogen and oxygen atoms in total. The summed E-state index contributed by atoms with van der Waals surface area (Å²) in [6, 6.07) is 8.57. The lowest BCUT2D eigenvalue weighted by Crippen LogP contribution is -2.29. The first-order chi connectivity index (χ1) is 6.80. The lowest BCUT2D eigenvalue weighted by Gasteiger charge is -2.29. The second kappa shape index (κ2) is 2.81. The van der Waals surface area contributed by atoms with E-state index in [1.54, 1.807) is 0 Å². The van der Waals surface area contributed by atoms with Crippen LogP contribution in [0.25, 0.3) is 0 Å². The zero-order valence-electron chi connectivity index (χ0n) is 8.20. The highest BCUT2D eigenvalue weighted by Gasteiger charge is 2.42. The molecule has 0 bridgehead atoms. The summed E-state index contributed by atoms with van der Waals surface area (Å²) in [5, 5.41) is 0. The van der Waals surface area contributed by atoms with Gasteiger partial charge in [0.15, 0.2) is 0 Å². The first kappa shape index (κ1) is 8.45. The summed E-state index contributed by atoms with van der Waals surface area (Å²) in [4.78, 5) is 0. The number of ether oxygens (including phenoxy) is 1. The van der Waals surface area contributed by atoms with Gasteiger partial charge in [0.2, 0.25) is 0 Å². The topological polar surface area (TPSA) is 35.2 Å². The van der Waals surface area contributed by atoms with E-state index >= 15 is 0 Å². The molecule has 0 atom stereocenters. The molecule has 1 aromatic rings. The van der Waals surface area contributed by atoms with Crippen LogP contribution >= 0.6 is 0 Å². The van der Waals surface area contributed by atoms with Crippen molar-refractivity contribution in [3.63, 3.8) is 0 Å². The van der Waals surface area contributed by atoms with Gasteiger partial charge in [-0.05, 0) is 24.0 Å². The third kappa shape index (κ3) is 1.18. The van der Waals surface area contributed by atoms with Crippen LogP contribution in [-0.2, 0) is 10.3 Å². The molecular formula is C12H15NO. The monoisotopic (exact) mass is 189 g/mol. The number of benzene rings is 1. The van der Waals surface area contributed by atoms with Gasteiger partial charge in [0.05, 0.1) is 13.2 Å². The average molecular weight is 189 g/mol. The summed E-state index contributed by atoms with van der Waals surface area (Å²) >= 11 is 0. The van der Waals surface area contributed by atoms with Crippen LogP contribution in [-0.4, -0.2) is 13.2 Å². The predicted molar refractivity (Wildman–Crippen MR) is 55.1 cm³/mol. The van der Waals surface area contributed by atoms with E-state index in [2.05, 4.69) is 24.3 Å². The average Bonchev–Trinajstić information content (AvgIpc) is 2.83. The van der Waals surface area contributed by atoms with Gasteiger partial charge in [0, 0.05) is 11.5 Å². The molecule has 2 heteroatoms. The molecule has 1 aliphatic heterocycles. The second-order valence-corrected chi connectivity index (χ2v) is 4.48. The van der Waals surface area contributed by atoms with Crippen molar-refractivity contribution in [2.75, 3.05) is 13.2 Å². The third-order valence-corrected chi connectivity index (χ3v) is 3.36. The number of nitrogens with two attached hydrogens (primary N) is 1. The Labute approximate surface area is 84.1 Å². The van der Waals surface area contributed by atoms with Crippen molar-refractivity contribution in [1.29, 1.82) is 0 Å². The lowest BCUT2D eigenvalue weighted by molar-refractivity contribution is 0.00790. The van der Waals surface area contributed by atoms with Crippen molar-refractivity contribution in [3.05, 3.63) is 35.4 Å². The molecule has 1 aliphatic carbocycles. The number of hydrogen-bond acceptors (Lipinski definition) is 2. The van der Waals surface area contributed by atoms with Crippen LogP contribution in [0.15, 0.2) is 24.3 Å². The molecule has 2 N–H and O–H groups in total. The largest absolute Gasteiger partial charge is 0.380 e. The second-order valence-electron chi connectivity index (χ2n) is 4.48. The van der Waals surface area contributed by atoms with Crippen molar-refractivity contribution in [2.45, 2.75) is 24.3 Å². The Kier molecular flexibility index (Phi) is 1.70. The summed E-state index contributed by atoms with van der Waals surface area (Å²) in [7, 11) is 0. The molecule has 74 valence electrons. The van der Waals surface area contributed by atoms with Gasteiger partial charge in [-0.1, -0.05) is 24.3 Å². The fourth-order valence-corrected chi connectivity index (χ4v) is 2.13. The molecule has 1 saturated heterocycles. The lowest BCUT2D eigenvalue weighted by atomic mass is 9.89. The van der Waals surface area contributed by atoms with Crippen LogP contribution in [0.1, 0.15) is 29.9 Å². The third-order valence-electron chi connectivity index (χ3n) is 3.36. The Morgan fingerprint density at radius 3 is 2.50 bits per heavy atom. The van der Waals surface area contributed by atoms with Crippen LogP contribution in [0, 0.1) is 0 Å². The maximum absolute atomic E-state index is 6.24. The molecule has 0 amide bonds. The molecule has 0 unspecified atom stereocenters. The van der Waals surface area contributed by atoms with Gasteiger partial charge in [-0.25, -0.2) is 0 Å². The van der Waals surface area contributed by atoms with Crippen LogP contribution in [0.4, 0.5) is 0 Å². The maximum atomic E-state index is 6.24. The Morgan fingerprint density at radius 2 is 1.93 bits per heavy atom. The van der Waals surface area contributed by atoms with Gasteiger partial charge < -0.3 is 10.5 Å². The minimum atomic E-state index is -0.00775. The van der Waals surface area contributed by atoms with E-state index in [9.17, 15) is 0 Å². The molecule has 0 spiro atoms. The Balaban J connectivity index is 2.00. The highest BCUT2D eigenvalue weighted by atomic mass is 16.5. The maximum Gasteiger partial charge on any atom is 0.0557 e. The zero-order valence-corrected chi connectivity index (χ0v) is 8.20. The van der Waals surface area contributed by atoms with E-state index < -0.39 is 0 Å². The summed E-state index contributed by atoms with van der Waals surface area (Å²) in [5.41, 5.74) is 9.01. The van der Waals surface area contributed by atoms with E-state index in [-0.39, 0.29) is 5.54 Å². The van der Waals surface area contributed by atoms with Gasteiger partial charge in [-0.15, -0.1) is 0 Å². The van der Waals surface area contributed by atoms with Crippen LogP contribution in [0.5, 0.6) is 0 Å². The minimum Gasteiger partial charge on any atom is -0.380 e. The van der Waals surface area contributed by atoms with Crippen molar-refractivity contribution in [3.8, 4) is 0 Å². The van der Waals surface area contributed by atoms with Gasteiger partial charge >= 0.3 is 0 Å². The summed E-state index contributed by atoms with van der Waals surface area (Å²) in [6.45, 7) is 1.74. The summed E-state index contributed by atoms with van der Waals surface area (Å²) in [6.07, 6.45) is 2.27. The first-order valence-corrected chi connectivity index (χ1v) is 5.26. The molecule has 2 aliphatic rings. The van der Waals surface area contributed by atoms with Crippen LogP contribution in [0.3, 0.4) is 0 Å². The van der Waals surface area contributed by atoms with Gasteiger partial charge in [-0.2, -0.15) is 0 Å². The van der Waals surface area contributed by atoms with Gasteiger partial charge in [-0.3, -0.25) is 0 Å². The molecule has 1 saturated carbocycles. The molecule has 14 heavy (non-hydrogen) atoms. The van der Waals surface area contributed by atoms with E-state index in [0.29, 0.717) is 5.92 Å². The smallest absolute Gasteiger partial charge is 0.0557 e. The number of hydrogen-bond donors (Lipinski definition) is 1. The highest BCUT2D eigenvalue weighted by molar-refractivity contribution is 5.40. The predicted octanol–water partition coefficient (Wildman–Crippen LogP) is 1.75. The molecule has 0 radical (unpaired) electrons. The van der Waals surface area contributed by atoms with E-state index in [1.165, 1.54) is 11.1 Å². The molecule has 3 rings (SSSR count). The van der Waals surface area contributed by atoms with Crippen LogP contribution < -0.4 is 5.73 Å². The minimum absolute atomic E-state index is 0.00775. The highest BCUT2D eigenvalue weighted by Crippen LogP contribution is 2.46. The Bertz CT molecular complexity index is 353. The standard InChI is InChI=1S/C12H15NO/c13-12(5-6-12)11-4-2-1-3-10(11)9-7-14-8-9/h1-4,9H,5-8,13H2. The summed E-state index contributed by atoms with van der Waals surface area (Å²) in [5.74, 6) is 0.590. The Morgan fingerprint density at radius 1 is 1.21 bits per heavy atom.